The maximum Gasteiger partial charge on any atom is 0.271 e. The number of benzene rings is 1. The van der Waals surface area contributed by atoms with Gasteiger partial charge in [-0.1, -0.05) is 6.07 Å². The minimum Gasteiger partial charge on any atom is -0.497 e. The van der Waals surface area contributed by atoms with Crippen molar-refractivity contribution in [3.05, 3.63) is 74.8 Å². The molecular weight excluding hydrogens is 304 g/mol. The third-order valence-electron chi connectivity index (χ3n) is 3.82. The van der Waals surface area contributed by atoms with E-state index >= 15 is 0 Å². The first kappa shape index (κ1) is 14.2. The summed E-state index contributed by atoms with van der Waals surface area (Å²) in [6, 6.07) is 11.2. The van der Waals surface area contributed by atoms with Gasteiger partial charge < -0.3 is 4.74 Å². The summed E-state index contributed by atoms with van der Waals surface area (Å²) in [7, 11) is 1.63. The maximum atomic E-state index is 12.1. The Hall–Kier alpha value is -3.41. The highest BCUT2D eigenvalue weighted by atomic mass is 16.5. The van der Waals surface area contributed by atoms with Crippen LogP contribution < -0.4 is 20.9 Å². The van der Waals surface area contributed by atoms with E-state index in [1.54, 1.807) is 19.4 Å². The SMILES string of the molecule is COc1ccc2c(c1)=CC(=Cc1c(-c3ccccn3)[nH][nH]c1=O)N=2. The number of allylic oxidation sites excluding steroid dienone is 1. The lowest BCUT2D eigenvalue weighted by atomic mass is 10.1. The Morgan fingerprint density at radius 2 is 2.08 bits per heavy atom. The van der Waals surface area contributed by atoms with Gasteiger partial charge in [-0.3, -0.25) is 20.0 Å². The van der Waals surface area contributed by atoms with Gasteiger partial charge in [0.2, 0.25) is 0 Å². The van der Waals surface area contributed by atoms with E-state index in [9.17, 15) is 4.79 Å². The molecule has 2 aromatic heterocycles. The second-order valence-corrected chi connectivity index (χ2v) is 5.33. The number of H-pyrrole nitrogens is 2. The molecular formula is C18H14N4O2. The predicted molar refractivity (Wildman–Crippen MR) is 90.9 cm³/mol. The third-order valence-corrected chi connectivity index (χ3v) is 3.82. The molecule has 0 amide bonds. The molecule has 0 bridgehead atoms. The van der Waals surface area contributed by atoms with Gasteiger partial charge in [0.15, 0.2) is 0 Å². The van der Waals surface area contributed by atoms with Gasteiger partial charge in [0.25, 0.3) is 5.56 Å². The Labute approximate surface area is 136 Å². The number of rotatable bonds is 3. The zero-order chi connectivity index (χ0) is 16.5. The van der Waals surface area contributed by atoms with Crippen LogP contribution in [0.2, 0.25) is 0 Å². The number of aromatic nitrogens is 3. The van der Waals surface area contributed by atoms with Crippen LogP contribution in [-0.2, 0) is 0 Å². The average Bonchev–Trinajstić information content (AvgIpc) is 3.18. The molecule has 1 aliphatic heterocycles. The number of nitrogens with one attached hydrogen (secondary N) is 2. The summed E-state index contributed by atoms with van der Waals surface area (Å²) < 4.78 is 5.23. The lowest BCUT2D eigenvalue weighted by Gasteiger charge is -1.97. The number of pyridine rings is 1. The van der Waals surface area contributed by atoms with Crippen molar-refractivity contribution in [2.45, 2.75) is 0 Å². The molecule has 0 fully saturated rings. The van der Waals surface area contributed by atoms with Crippen molar-refractivity contribution in [3.63, 3.8) is 0 Å². The second-order valence-electron chi connectivity index (χ2n) is 5.33. The van der Waals surface area contributed by atoms with E-state index in [2.05, 4.69) is 20.2 Å². The van der Waals surface area contributed by atoms with Crippen LogP contribution in [0, 0.1) is 0 Å². The molecule has 6 heteroatoms. The second kappa shape index (κ2) is 5.66. The highest BCUT2D eigenvalue weighted by Crippen LogP contribution is 2.19. The fourth-order valence-electron chi connectivity index (χ4n) is 2.65. The number of hydrogen-bond acceptors (Lipinski definition) is 4. The molecule has 0 aliphatic carbocycles. The normalized spacial score (nSPS) is 14.1. The monoisotopic (exact) mass is 318 g/mol. The zero-order valence-corrected chi connectivity index (χ0v) is 12.9. The molecule has 0 atom stereocenters. The van der Waals surface area contributed by atoms with E-state index in [0.717, 1.165) is 16.3 Å². The van der Waals surface area contributed by atoms with Gasteiger partial charge in [0.1, 0.15) is 5.75 Å². The quantitative estimate of drug-likeness (QED) is 0.762. The van der Waals surface area contributed by atoms with Crippen molar-refractivity contribution < 1.29 is 4.74 Å². The van der Waals surface area contributed by atoms with Gasteiger partial charge in [0.05, 0.1) is 35.1 Å². The van der Waals surface area contributed by atoms with Crippen LogP contribution in [0.15, 0.2) is 58.1 Å². The maximum absolute atomic E-state index is 12.1. The molecule has 6 nitrogen and oxygen atoms in total. The smallest absolute Gasteiger partial charge is 0.271 e. The van der Waals surface area contributed by atoms with Crippen molar-refractivity contribution in [2.24, 2.45) is 4.99 Å². The van der Waals surface area contributed by atoms with Gasteiger partial charge >= 0.3 is 0 Å². The van der Waals surface area contributed by atoms with Crippen LogP contribution in [0.5, 0.6) is 5.75 Å². The van der Waals surface area contributed by atoms with Gasteiger partial charge in [-0.2, -0.15) is 0 Å². The van der Waals surface area contributed by atoms with E-state index in [0.29, 0.717) is 22.6 Å². The lowest BCUT2D eigenvalue weighted by Crippen LogP contribution is -2.20. The number of hydrogen-bond donors (Lipinski definition) is 2. The van der Waals surface area contributed by atoms with E-state index in [-0.39, 0.29) is 5.56 Å². The summed E-state index contributed by atoms with van der Waals surface area (Å²) in [6.45, 7) is 0. The predicted octanol–water partition coefficient (Wildman–Crippen LogP) is 1.23. The fraction of sp³-hybridized carbons (Fsp3) is 0.0556. The fourth-order valence-corrected chi connectivity index (χ4v) is 2.65. The Bertz CT molecular complexity index is 1110. The molecule has 24 heavy (non-hydrogen) atoms. The van der Waals surface area contributed by atoms with Gasteiger partial charge in [-0.05, 0) is 42.5 Å². The van der Waals surface area contributed by atoms with Crippen molar-refractivity contribution >= 4 is 12.2 Å². The summed E-state index contributed by atoms with van der Waals surface area (Å²) in [5.74, 6) is 0.773. The molecule has 1 aliphatic rings. The number of ether oxygens (including phenoxy) is 1. The van der Waals surface area contributed by atoms with Crippen LogP contribution in [0.4, 0.5) is 0 Å². The summed E-state index contributed by atoms with van der Waals surface area (Å²) in [6.07, 6.45) is 5.37. The summed E-state index contributed by atoms with van der Waals surface area (Å²) >= 11 is 0. The van der Waals surface area contributed by atoms with Gasteiger partial charge in [-0.25, -0.2) is 4.99 Å². The molecule has 0 saturated carbocycles. The number of aromatic amines is 2. The first-order chi connectivity index (χ1) is 11.7. The summed E-state index contributed by atoms with van der Waals surface area (Å²) in [4.78, 5) is 21.0. The van der Waals surface area contributed by atoms with Crippen LogP contribution in [0.3, 0.4) is 0 Å². The largest absolute Gasteiger partial charge is 0.497 e. The Kier molecular flexibility index (Phi) is 3.35. The van der Waals surface area contributed by atoms with Crippen LogP contribution in [0.1, 0.15) is 5.56 Å². The van der Waals surface area contributed by atoms with Crippen LogP contribution in [0.25, 0.3) is 23.5 Å². The average molecular weight is 318 g/mol. The molecule has 3 heterocycles. The molecule has 0 unspecified atom stereocenters. The highest BCUT2D eigenvalue weighted by molar-refractivity contribution is 5.74. The number of methoxy groups -OCH3 is 1. The standard InChI is InChI=1S/C18H14N4O2/c1-24-13-5-6-15-11(9-13)8-12(20-15)10-14-17(21-22-18(14)23)16-4-2-3-7-19-16/h2-10H,1H3,(H2,21,22,23). The Morgan fingerprint density at radius 1 is 1.17 bits per heavy atom. The van der Waals surface area contributed by atoms with E-state index < -0.39 is 0 Å². The topological polar surface area (TPSA) is 83.1 Å². The molecule has 0 saturated heterocycles. The molecule has 0 radical (unpaired) electrons. The lowest BCUT2D eigenvalue weighted by molar-refractivity contribution is 0.414. The molecule has 3 aromatic rings. The molecule has 1 aromatic carbocycles. The molecule has 118 valence electrons. The van der Waals surface area contributed by atoms with Crippen molar-refractivity contribution in [1.29, 1.82) is 0 Å². The first-order valence-electron chi connectivity index (χ1n) is 7.43. The summed E-state index contributed by atoms with van der Waals surface area (Å²) in [5, 5.41) is 7.31. The van der Waals surface area contributed by atoms with Crippen molar-refractivity contribution in [2.75, 3.05) is 7.11 Å². The van der Waals surface area contributed by atoms with E-state index in [1.165, 1.54) is 0 Å². The highest BCUT2D eigenvalue weighted by Gasteiger charge is 2.12. The number of nitrogens with zero attached hydrogens (tertiary/aromatic N) is 2. The minimum atomic E-state index is -0.208. The Balaban J connectivity index is 1.82. The summed E-state index contributed by atoms with van der Waals surface area (Å²) in [5.41, 5.74) is 2.34. The van der Waals surface area contributed by atoms with Crippen LogP contribution in [-0.4, -0.2) is 22.3 Å². The molecule has 4 rings (SSSR count). The molecule has 2 N–H and O–H groups in total. The number of fused-ring (bicyclic) bond motifs is 1. The van der Waals surface area contributed by atoms with E-state index in [4.69, 9.17) is 4.74 Å². The third kappa shape index (κ3) is 2.44. The first-order valence-corrected chi connectivity index (χ1v) is 7.43. The Morgan fingerprint density at radius 3 is 2.88 bits per heavy atom. The van der Waals surface area contributed by atoms with Crippen LogP contribution >= 0.6 is 0 Å². The van der Waals surface area contributed by atoms with E-state index in [1.807, 2.05) is 42.5 Å². The zero-order valence-electron chi connectivity index (χ0n) is 12.9. The molecule has 0 spiro atoms. The van der Waals surface area contributed by atoms with Gasteiger partial charge in [-0.15, -0.1) is 0 Å². The van der Waals surface area contributed by atoms with Crippen molar-refractivity contribution in [1.82, 2.24) is 15.2 Å². The van der Waals surface area contributed by atoms with Crippen molar-refractivity contribution in [3.8, 4) is 17.1 Å². The van der Waals surface area contributed by atoms with Gasteiger partial charge in [0, 0.05) is 11.4 Å². The minimum absolute atomic E-state index is 0.208.